The van der Waals surface area contributed by atoms with E-state index in [1.807, 2.05) is 54.6 Å². The van der Waals surface area contributed by atoms with Crippen LogP contribution in [0.5, 0.6) is 5.75 Å². The van der Waals surface area contributed by atoms with Crippen LogP contribution in [0.3, 0.4) is 0 Å². The summed E-state index contributed by atoms with van der Waals surface area (Å²) >= 11 is 0. The fraction of sp³-hybridized carbons (Fsp3) is 0.300. The number of para-hydroxylation sites is 1. The van der Waals surface area contributed by atoms with E-state index in [0.29, 0.717) is 26.0 Å². The van der Waals surface area contributed by atoms with Gasteiger partial charge in [-0.2, -0.15) is 0 Å². The Balaban J connectivity index is 1.52. The third-order valence-electron chi connectivity index (χ3n) is 4.56. The van der Waals surface area contributed by atoms with Crippen molar-refractivity contribution in [3.63, 3.8) is 0 Å². The van der Waals surface area contributed by atoms with Gasteiger partial charge in [0.15, 0.2) is 0 Å². The van der Waals surface area contributed by atoms with E-state index in [0.717, 1.165) is 16.9 Å². The van der Waals surface area contributed by atoms with E-state index >= 15 is 0 Å². The molecule has 2 N–H and O–H groups in total. The predicted molar refractivity (Wildman–Crippen MR) is 94.2 cm³/mol. The summed E-state index contributed by atoms with van der Waals surface area (Å²) in [5.74, 6) is -1.28. The van der Waals surface area contributed by atoms with Crippen molar-refractivity contribution in [2.75, 3.05) is 13.2 Å². The van der Waals surface area contributed by atoms with Gasteiger partial charge in [-0.05, 0) is 24.5 Å². The second-order valence-corrected chi connectivity index (χ2v) is 6.13. The summed E-state index contributed by atoms with van der Waals surface area (Å²) in [4.78, 5) is 23.0. The van der Waals surface area contributed by atoms with E-state index in [2.05, 4.69) is 5.32 Å². The van der Waals surface area contributed by atoms with Gasteiger partial charge in [0.1, 0.15) is 12.4 Å². The van der Waals surface area contributed by atoms with Crippen molar-refractivity contribution in [1.82, 2.24) is 5.32 Å². The van der Waals surface area contributed by atoms with Crippen LogP contribution in [0.25, 0.3) is 11.1 Å². The Hall–Kier alpha value is -2.82. The van der Waals surface area contributed by atoms with E-state index < -0.39 is 17.8 Å². The Morgan fingerprint density at radius 2 is 1.68 bits per heavy atom. The molecule has 3 rings (SSSR count). The molecule has 0 aliphatic heterocycles. The fourth-order valence-corrected chi connectivity index (χ4v) is 3.02. The molecule has 5 nitrogen and oxygen atoms in total. The van der Waals surface area contributed by atoms with Crippen LogP contribution in [0.15, 0.2) is 54.6 Å². The molecule has 1 saturated carbocycles. The molecule has 1 fully saturated rings. The molecule has 2 aromatic carbocycles. The first-order valence-corrected chi connectivity index (χ1v) is 8.44. The van der Waals surface area contributed by atoms with Crippen LogP contribution in [-0.2, 0) is 9.59 Å². The van der Waals surface area contributed by atoms with Crippen LogP contribution in [0.2, 0.25) is 0 Å². The summed E-state index contributed by atoms with van der Waals surface area (Å²) in [5.41, 5.74) is 2.07. The van der Waals surface area contributed by atoms with Gasteiger partial charge in [0.25, 0.3) is 0 Å². The SMILES string of the molecule is O=C(O)C1CCC1C(=O)NCCOc1ccccc1-c1ccccc1. The second-order valence-electron chi connectivity index (χ2n) is 6.13. The fourth-order valence-electron chi connectivity index (χ4n) is 3.02. The molecule has 2 unspecified atom stereocenters. The molecule has 1 aliphatic carbocycles. The minimum Gasteiger partial charge on any atom is -0.491 e. The van der Waals surface area contributed by atoms with Crippen molar-refractivity contribution in [2.24, 2.45) is 11.8 Å². The Kier molecular flexibility index (Phi) is 5.33. The standard InChI is InChI=1S/C20H21NO4/c22-19(16-10-11-17(16)20(23)24)21-12-13-25-18-9-5-4-8-15(18)14-6-2-1-3-7-14/h1-9,16-17H,10-13H2,(H,21,22)(H,23,24). The topological polar surface area (TPSA) is 75.6 Å². The molecule has 0 heterocycles. The van der Waals surface area contributed by atoms with Gasteiger partial charge in [-0.25, -0.2) is 0 Å². The highest BCUT2D eigenvalue weighted by molar-refractivity contribution is 5.86. The molecule has 0 radical (unpaired) electrons. The smallest absolute Gasteiger partial charge is 0.307 e. The number of rotatable bonds is 7. The van der Waals surface area contributed by atoms with Gasteiger partial charge < -0.3 is 15.2 Å². The van der Waals surface area contributed by atoms with Crippen LogP contribution < -0.4 is 10.1 Å². The lowest BCUT2D eigenvalue weighted by Crippen LogP contribution is -2.44. The van der Waals surface area contributed by atoms with Gasteiger partial charge in [0.2, 0.25) is 5.91 Å². The van der Waals surface area contributed by atoms with Crippen molar-refractivity contribution >= 4 is 11.9 Å². The van der Waals surface area contributed by atoms with Gasteiger partial charge in [0, 0.05) is 5.56 Å². The van der Waals surface area contributed by atoms with E-state index in [4.69, 9.17) is 9.84 Å². The van der Waals surface area contributed by atoms with Gasteiger partial charge in [-0.15, -0.1) is 0 Å². The zero-order valence-electron chi connectivity index (χ0n) is 13.9. The molecule has 130 valence electrons. The quantitative estimate of drug-likeness (QED) is 0.761. The maximum Gasteiger partial charge on any atom is 0.307 e. The number of aliphatic carboxylic acids is 1. The van der Waals surface area contributed by atoms with Gasteiger partial charge in [-0.3, -0.25) is 9.59 Å². The van der Waals surface area contributed by atoms with Crippen LogP contribution in [0.4, 0.5) is 0 Å². The number of carbonyl (C=O) groups excluding carboxylic acids is 1. The first-order valence-electron chi connectivity index (χ1n) is 8.44. The molecule has 2 aromatic rings. The first kappa shape index (κ1) is 17.0. The van der Waals surface area contributed by atoms with Crippen molar-refractivity contribution in [2.45, 2.75) is 12.8 Å². The van der Waals surface area contributed by atoms with Gasteiger partial charge >= 0.3 is 5.97 Å². The lowest BCUT2D eigenvalue weighted by Gasteiger charge is -2.31. The lowest BCUT2D eigenvalue weighted by atomic mass is 9.73. The Morgan fingerprint density at radius 1 is 1.00 bits per heavy atom. The Labute approximate surface area is 146 Å². The van der Waals surface area contributed by atoms with Crippen molar-refractivity contribution in [3.8, 4) is 16.9 Å². The van der Waals surface area contributed by atoms with Gasteiger partial charge in [-0.1, -0.05) is 48.5 Å². The van der Waals surface area contributed by atoms with E-state index in [9.17, 15) is 9.59 Å². The molecule has 0 bridgehead atoms. The minimum atomic E-state index is -0.889. The van der Waals surface area contributed by atoms with Crippen molar-refractivity contribution in [3.05, 3.63) is 54.6 Å². The van der Waals surface area contributed by atoms with E-state index in [-0.39, 0.29) is 5.91 Å². The highest BCUT2D eigenvalue weighted by Crippen LogP contribution is 2.34. The normalized spacial score (nSPS) is 18.9. The third-order valence-corrected chi connectivity index (χ3v) is 4.56. The lowest BCUT2D eigenvalue weighted by molar-refractivity contribution is -0.152. The molecular weight excluding hydrogens is 318 g/mol. The van der Waals surface area contributed by atoms with E-state index in [1.165, 1.54) is 0 Å². The Bertz CT molecular complexity index is 744. The van der Waals surface area contributed by atoms with Crippen LogP contribution in [-0.4, -0.2) is 30.1 Å². The largest absolute Gasteiger partial charge is 0.491 e. The molecular formula is C20H21NO4. The predicted octanol–water partition coefficient (Wildman–Crippen LogP) is 2.96. The maximum atomic E-state index is 12.0. The van der Waals surface area contributed by atoms with Crippen molar-refractivity contribution in [1.29, 1.82) is 0 Å². The monoisotopic (exact) mass is 339 g/mol. The molecule has 1 amide bonds. The zero-order valence-corrected chi connectivity index (χ0v) is 13.9. The average molecular weight is 339 g/mol. The summed E-state index contributed by atoms with van der Waals surface area (Å²) in [6.07, 6.45) is 1.22. The maximum absolute atomic E-state index is 12.0. The molecule has 25 heavy (non-hydrogen) atoms. The van der Waals surface area contributed by atoms with Gasteiger partial charge in [0.05, 0.1) is 18.4 Å². The number of carbonyl (C=O) groups is 2. The Morgan fingerprint density at radius 3 is 2.36 bits per heavy atom. The summed E-state index contributed by atoms with van der Waals surface area (Å²) in [7, 11) is 0. The third kappa shape index (κ3) is 3.99. The zero-order chi connectivity index (χ0) is 17.6. The van der Waals surface area contributed by atoms with Crippen LogP contribution >= 0.6 is 0 Å². The minimum absolute atomic E-state index is 0.196. The molecule has 2 atom stereocenters. The highest BCUT2D eigenvalue weighted by Gasteiger charge is 2.41. The first-order chi connectivity index (χ1) is 12.2. The summed E-state index contributed by atoms with van der Waals surface area (Å²) in [5, 5.41) is 11.8. The molecule has 1 aliphatic rings. The number of amides is 1. The summed E-state index contributed by atoms with van der Waals surface area (Å²) in [6.45, 7) is 0.685. The number of carboxylic acids is 1. The number of hydrogen-bond acceptors (Lipinski definition) is 3. The van der Waals surface area contributed by atoms with Crippen LogP contribution in [0, 0.1) is 11.8 Å². The molecule has 0 saturated heterocycles. The number of hydrogen-bond donors (Lipinski definition) is 2. The second kappa shape index (κ2) is 7.83. The highest BCUT2D eigenvalue weighted by atomic mass is 16.5. The number of ether oxygens (including phenoxy) is 1. The molecule has 0 aromatic heterocycles. The summed E-state index contributed by atoms with van der Waals surface area (Å²) < 4.78 is 5.82. The van der Waals surface area contributed by atoms with E-state index in [1.54, 1.807) is 0 Å². The van der Waals surface area contributed by atoms with Crippen molar-refractivity contribution < 1.29 is 19.4 Å². The number of benzene rings is 2. The number of carboxylic acid groups (broad SMARTS) is 1. The number of nitrogens with one attached hydrogen (secondary N) is 1. The average Bonchev–Trinajstić information content (AvgIpc) is 2.58. The molecule has 5 heteroatoms. The van der Waals surface area contributed by atoms with Crippen LogP contribution in [0.1, 0.15) is 12.8 Å². The summed E-state index contributed by atoms with van der Waals surface area (Å²) in [6, 6.07) is 17.7. The molecule has 0 spiro atoms.